The number of anilines is 1. The Morgan fingerprint density at radius 3 is 2.59 bits per heavy atom. The van der Waals surface area contributed by atoms with Gasteiger partial charge in [-0.05, 0) is 25.1 Å². The van der Waals surface area contributed by atoms with Crippen LogP contribution >= 0.6 is 11.6 Å². The largest absolute Gasteiger partial charge is 0.303 e. The monoisotopic (exact) mass is 386 g/mol. The van der Waals surface area contributed by atoms with Gasteiger partial charge < -0.3 is 4.90 Å². The third kappa shape index (κ3) is 3.73. The van der Waals surface area contributed by atoms with Crippen LogP contribution in [0, 0.1) is 0 Å². The summed E-state index contributed by atoms with van der Waals surface area (Å²) in [5, 5.41) is 9.07. The Morgan fingerprint density at radius 1 is 1.30 bits per heavy atom. The molecule has 0 saturated carbocycles. The predicted molar refractivity (Wildman–Crippen MR) is 106 cm³/mol. The van der Waals surface area contributed by atoms with Crippen LogP contribution in [0.1, 0.15) is 43.9 Å². The second kappa shape index (κ2) is 7.15. The first-order chi connectivity index (χ1) is 12.7. The van der Waals surface area contributed by atoms with Gasteiger partial charge in [0.2, 0.25) is 0 Å². The molecule has 0 saturated heterocycles. The Bertz CT molecular complexity index is 954. The molecule has 8 heteroatoms. The number of halogens is 1. The van der Waals surface area contributed by atoms with Crippen molar-refractivity contribution in [3.63, 3.8) is 0 Å². The second-order valence-corrected chi connectivity index (χ2v) is 7.66. The molecular weight excluding hydrogens is 364 g/mol. The quantitative estimate of drug-likeness (QED) is 0.686. The topological polar surface area (TPSA) is 68.8 Å². The van der Waals surface area contributed by atoms with Gasteiger partial charge in [0.25, 0.3) is 5.91 Å². The van der Waals surface area contributed by atoms with Gasteiger partial charge in [-0.1, -0.05) is 32.4 Å². The first-order valence-electron chi connectivity index (χ1n) is 8.74. The van der Waals surface area contributed by atoms with E-state index < -0.39 is 0 Å². The molecule has 3 rings (SSSR count). The van der Waals surface area contributed by atoms with Gasteiger partial charge in [0.1, 0.15) is 11.4 Å². The third-order valence-electron chi connectivity index (χ3n) is 4.28. The van der Waals surface area contributed by atoms with E-state index in [0.717, 1.165) is 11.4 Å². The minimum Gasteiger partial charge on any atom is -0.303 e. The highest BCUT2D eigenvalue weighted by molar-refractivity contribution is 6.32. The van der Waals surface area contributed by atoms with Gasteiger partial charge in [-0.15, -0.1) is 0 Å². The number of rotatable bonds is 4. The van der Waals surface area contributed by atoms with E-state index in [1.807, 2.05) is 25.1 Å². The zero-order valence-electron chi connectivity index (χ0n) is 16.1. The number of carbonyl (C=O) groups excluding carboxylic acids is 1. The fourth-order valence-electron chi connectivity index (χ4n) is 2.74. The molecule has 3 aromatic rings. The lowest BCUT2D eigenvalue weighted by Gasteiger charge is -2.19. The minimum absolute atomic E-state index is 0.143. The van der Waals surface area contributed by atoms with E-state index in [0.29, 0.717) is 17.9 Å². The summed E-state index contributed by atoms with van der Waals surface area (Å²) in [5.74, 6) is -0.171. The van der Waals surface area contributed by atoms with Crippen LogP contribution < -0.4 is 4.90 Å². The molecular formula is C19H23ClN6O. The van der Waals surface area contributed by atoms with E-state index in [4.69, 9.17) is 11.6 Å². The van der Waals surface area contributed by atoms with Gasteiger partial charge in [0, 0.05) is 25.2 Å². The van der Waals surface area contributed by atoms with Crippen molar-refractivity contribution in [1.82, 2.24) is 24.5 Å². The Labute approximate surface area is 163 Å². The van der Waals surface area contributed by atoms with Crippen LogP contribution in [0.25, 0.3) is 5.69 Å². The Hall–Kier alpha value is -2.67. The van der Waals surface area contributed by atoms with E-state index in [-0.39, 0.29) is 16.5 Å². The van der Waals surface area contributed by atoms with Crippen molar-refractivity contribution in [1.29, 1.82) is 0 Å². The van der Waals surface area contributed by atoms with E-state index >= 15 is 0 Å². The van der Waals surface area contributed by atoms with Crippen molar-refractivity contribution >= 4 is 23.2 Å². The summed E-state index contributed by atoms with van der Waals surface area (Å²) in [6.45, 7) is 8.55. The van der Waals surface area contributed by atoms with Crippen LogP contribution in [0.2, 0.25) is 5.15 Å². The molecule has 142 valence electrons. The summed E-state index contributed by atoms with van der Waals surface area (Å²) in [6, 6.07) is 5.52. The van der Waals surface area contributed by atoms with Gasteiger partial charge in [0.05, 0.1) is 23.8 Å². The third-order valence-corrected chi connectivity index (χ3v) is 4.55. The van der Waals surface area contributed by atoms with Crippen LogP contribution in [0.15, 0.2) is 36.8 Å². The molecule has 27 heavy (non-hydrogen) atoms. The molecule has 0 aliphatic carbocycles. The molecule has 0 fully saturated rings. The SMILES string of the molecule is CCN(C(=O)c1cc(C(C)(C)C)nn1C)c1cn(-c2cccnc2)nc1Cl. The zero-order valence-corrected chi connectivity index (χ0v) is 16.9. The molecule has 0 N–H and O–H groups in total. The van der Waals surface area contributed by atoms with E-state index in [1.165, 1.54) is 0 Å². The highest BCUT2D eigenvalue weighted by Gasteiger charge is 2.27. The molecule has 3 aromatic heterocycles. The molecule has 0 aliphatic rings. The first kappa shape index (κ1) is 19.1. The fraction of sp³-hybridized carbons (Fsp3) is 0.368. The number of hydrogen-bond acceptors (Lipinski definition) is 4. The van der Waals surface area contributed by atoms with Crippen molar-refractivity contribution in [2.24, 2.45) is 7.05 Å². The smallest absolute Gasteiger partial charge is 0.276 e. The predicted octanol–water partition coefficient (Wildman–Crippen LogP) is 3.62. The van der Waals surface area contributed by atoms with Crippen molar-refractivity contribution in [3.05, 3.63) is 53.3 Å². The van der Waals surface area contributed by atoms with Gasteiger partial charge in [0.15, 0.2) is 5.15 Å². The van der Waals surface area contributed by atoms with Gasteiger partial charge >= 0.3 is 0 Å². The molecule has 3 heterocycles. The van der Waals surface area contributed by atoms with E-state index in [2.05, 4.69) is 36.0 Å². The van der Waals surface area contributed by atoms with Crippen LogP contribution in [0.4, 0.5) is 5.69 Å². The maximum atomic E-state index is 13.2. The summed E-state index contributed by atoms with van der Waals surface area (Å²) in [4.78, 5) is 18.9. The molecule has 0 unspecified atom stereocenters. The normalized spacial score (nSPS) is 11.6. The van der Waals surface area contributed by atoms with Gasteiger partial charge in [-0.3, -0.25) is 14.5 Å². The highest BCUT2D eigenvalue weighted by atomic mass is 35.5. The lowest BCUT2D eigenvalue weighted by Crippen LogP contribution is -2.32. The Kier molecular flexibility index (Phi) is 5.06. The summed E-state index contributed by atoms with van der Waals surface area (Å²) in [5.41, 5.74) is 2.54. The van der Waals surface area contributed by atoms with Crippen molar-refractivity contribution in [2.75, 3.05) is 11.4 Å². The van der Waals surface area contributed by atoms with Crippen molar-refractivity contribution < 1.29 is 4.79 Å². The number of hydrogen-bond donors (Lipinski definition) is 0. The average molecular weight is 387 g/mol. The standard InChI is InChI=1S/C19H23ClN6O/c1-6-25(18(27)14-10-16(19(2,3)4)22-24(14)5)15-12-26(23-17(15)20)13-8-7-9-21-11-13/h7-12H,6H2,1-5H3. The van der Waals surface area contributed by atoms with Gasteiger partial charge in [-0.2, -0.15) is 10.2 Å². The Morgan fingerprint density at radius 2 is 2.04 bits per heavy atom. The fourth-order valence-corrected chi connectivity index (χ4v) is 2.97. The molecule has 1 amide bonds. The van der Waals surface area contributed by atoms with Gasteiger partial charge in [-0.25, -0.2) is 4.68 Å². The van der Waals surface area contributed by atoms with Crippen LogP contribution in [-0.2, 0) is 12.5 Å². The van der Waals surface area contributed by atoms with Crippen LogP contribution in [0.5, 0.6) is 0 Å². The first-order valence-corrected chi connectivity index (χ1v) is 9.12. The number of amides is 1. The molecule has 0 aliphatic heterocycles. The molecule has 7 nitrogen and oxygen atoms in total. The minimum atomic E-state index is -0.171. The number of pyridine rings is 1. The lowest BCUT2D eigenvalue weighted by molar-refractivity contribution is 0.0979. The summed E-state index contributed by atoms with van der Waals surface area (Å²) in [7, 11) is 1.77. The van der Waals surface area contributed by atoms with Crippen molar-refractivity contribution in [2.45, 2.75) is 33.1 Å². The highest BCUT2D eigenvalue weighted by Crippen LogP contribution is 2.28. The molecule has 0 atom stereocenters. The Balaban J connectivity index is 1.97. The summed E-state index contributed by atoms with van der Waals surface area (Å²) >= 11 is 6.35. The summed E-state index contributed by atoms with van der Waals surface area (Å²) in [6.07, 6.45) is 5.11. The number of aryl methyl sites for hydroxylation is 1. The molecule has 0 radical (unpaired) electrons. The number of carbonyl (C=O) groups is 1. The molecule has 0 bridgehead atoms. The lowest BCUT2D eigenvalue weighted by atomic mass is 9.92. The maximum absolute atomic E-state index is 13.2. The second-order valence-electron chi connectivity index (χ2n) is 7.30. The van der Waals surface area contributed by atoms with E-state index in [1.54, 1.807) is 39.9 Å². The maximum Gasteiger partial charge on any atom is 0.276 e. The molecule has 0 spiro atoms. The van der Waals surface area contributed by atoms with Crippen LogP contribution in [-0.4, -0.2) is 37.0 Å². The summed E-state index contributed by atoms with van der Waals surface area (Å²) < 4.78 is 3.23. The number of nitrogens with zero attached hydrogens (tertiary/aromatic N) is 6. The molecule has 0 aromatic carbocycles. The van der Waals surface area contributed by atoms with Crippen LogP contribution in [0.3, 0.4) is 0 Å². The average Bonchev–Trinajstić information content (AvgIpc) is 3.20. The zero-order chi connectivity index (χ0) is 19.8. The van der Waals surface area contributed by atoms with E-state index in [9.17, 15) is 4.79 Å². The van der Waals surface area contributed by atoms with Crippen molar-refractivity contribution in [3.8, 4) is 5.69 Å². The number of aromatic nitrogens is 5.